The van der Waals surface area contributed by atoms with Crippen LogP contribution in [0.3, 0.4) is 0 Å². The topological polar surface area (TPSA) is 58.5 Å². The molecule has 6 heteroatoms. The molecule has 0 saturated carbocycles. The van der Waals surface area contributed by atoms with Crippen LogP contribution in [0.25, 0.3) is 0 Å². The lowest BCUT2D eigenvalue weighted by Crippen LogP contribution is -2.40. The summed E-state index contributed by atoms with van der Waals surface area (Å²) in [5.41, 5.74) is 1.28. The van der Waals surface area contributed by atoms with Gasteiger partial charge in [0.2, 0.25) is 0 Å². The second-order valence-electron chi connectivity index (χ2n) is 6.08. The number of fused-ring (bicyclic) bond motifs is 1. The van der Waals surface area contributed by atoms with Crippen LogP contribution in [0.15, 0.2) is 35.5 Å². The number of nitrogens with zero attached hydrogens (tertiary/aromatic N) is 2. The summed E-state index contributed by atoms with van der Waals surface area (Å²) >= 11 is 1.80. The molecule has 0 fully saturated rings. The van der Waals surface area contributed by atoms with Gasteiger partial charge in [0, 0.05) is 43.5 Å². The first-order valence-electron chi connectivity index (χ1n) is 8.90. The number of thiazole rings is 1. The van der Waals surface area contributed by atoms with E-state index in [9.17, 15) is 0 Å². The number of nitrogens with one attached hydrogen (secondary N) is 2. The van der Waals surface area contributed by atoms with Crippen LogP contribution in [-0.4, -0.2) is 37.7 Å². The molecule has 0 saturated heterocycles. The average molecular weight is 359 g/mol. The number of guanidine groups is 1. The fraction of sp³-hybridized carbons (Fsp3) is 0.474. The highest BCUT2D eigenvalue weighted by Gasteiger charge is 2.21. The Hall–Kier alpha value is -2.08. The Morgan fingerprint density at radius 3 is 3.04 bits per heavy atom. The number of para-hydroxylation sites is 1. The number of rotatable bonds is 6. The molecule has 1 aliphatic heterocycles. The quantitative estimate of drug-likeness (QED) is 0.616. The van der Waals surface area contributed by atoms with E-state index in [0.29, 0.717) is 5.92 Å². The standard InChI is InChI=1S/C19H26N4OS/c1-3-15-13-22-18(25-15)8-10-21-19(20-2)23-12-14-9-11-24-17-7-5-4-6-16(14)17/h4-7,13-14H,3,8-12H2,1-2H3,(H2,20,21,23). The highest BCUT2D eigenvalue weighted by molar-refractivity contribution is 7.11. The molecule has 0 amide bonds. The van der Waals surface area contributed by atoms with Gasteiger partial charge in [-0.1, -0.05) is 25.1 Å². The van der Waals surface area contributed by atoms with Gasteiger partial charge in [0.25, 0.3) is 0 Å². The van der Waals surface area contributed by atoms with E-state index in [1.165, 1.54) is 15.4 Å². The summed E-state index contributed by atoms with van der Waals surface area (Å²) in [4.78, 5) is 10.1. The number of aliphatic imine (C=N–C) groups is 1. The minimum Gasteiger partial charge on any atom is -0.493 e. The molecular formula is C19H26N4OS. The average Bonchev–Trinajstić information content (AvgIpc) is 3.12. The van der Waals surface area contributed by atoms with Gasteiger partial charge in [0.15, 0.2) is 5.96 Å². The maximum Gasteiger partial charge on any atom is 0.191 e. The molecule has 1 unspecified atom stereocenters. The lowest BCUT2D eigenvalue weighted by atomic mass is 9.93. The lowest BCUT2D eigenvalue weighted by molar-refractivity contribution is 0.267. The summed E-state index contributed by atoms with van der Waals surface area (Å²) in [6.07, 6.45) is 4.99. The fourth-order valence-corrected chi connectivity index (χ4v) is 3.85. The van der Waals surface area contributed by atoms with Crippen molar-refractivity contribution in [3.05, 3.63) is 45.9 Å². The summed E-state index contributed by atoms with van der Waals surface area (Å²) in [5.74, 6) is 2.31. The third kappa shape index (κ3) is 4.72. The van der Waals surface area contributed by atoms with Gasteiger partial charge in [-0.2, -0.15) is 0 Å². The highest BCUT2D eigenvalue weighted by atomic mass is 32.1. The van der Waals surface area contributed by atoms with Crippen molar-refractivity contribution < 1.29 is 4.74 Å². The van der Waals surface area contributed by atoms with E-state index in [-0.39, 0.29) is 0 Å². The Balaban J connectivity index is 1.47. The molecule has 0 bridgehead atoms. The first kappa shape index (κ1) is 17.7. The molecular weight excluding hydrogens is 332 g/mol. The summed E-state index contributed by atoms with van der Waals surface area (Å²) < 4.78 is 5.73. The Kier molecular flexibility index (Phi) is 6.28. The Labute approximate surface area is 153 Å². The molecule has 134 valence electrons. The predicted octanol–water partition coefficient (Wildman–Crippen LogP) is 2.98. The van der Waals surface area contributed by atoms with E-state index in [1.54, 1.807) is 11.3 Å². The molecule has 0 aliphatic carbocycles. The van der Waals surface area contributed by atoms with Crippen LogP contribution < -0.4 is 15.4 Å². The van der Waals surface area contributed by atoms with Crippen molar-refractivity contribution in [1.29, 1.82) is 0 Å². The van der Waals surface area contributed by atoms with Crippen LogP contribution in [0.2, 0.25) is 0 Å². The minimum atomic E-state index is 0.453. The van der Waals surface area contributed by atoms with Crippen molar-refractivity contribution in [2.45, 2.75) is 32.1 Å². The number of hydrogen-bond donors (Lipinski definition) is 2. The van der Waals surface area contributed by atoms with Crippen molar-refractivity contribution >= 4 is 17.3 Å². The normalized spacial score (nSPS) is 16.9. The Morgan fingerprint density at radius 2 is 2.24 bits per heavy atom. The number of aromatic nitrogens is 1. The molecule has 1 aromatic carbocycles. The van der Waals surface area contributed by atoms with Gasteiger partial charge in [-0.05, 0) is 24.5 Å². The third-order valence-electron chi connectivity index (χ3n) is 4.40. The minimum absolute atomic E-state index is 0.453. The van der Waals surface area contributed by atoms with Crippen molar-refractivity contribution in [1.82, 2.24) is 15.6 Å². The van der Waals surface area contributed by atoms with Crippen molar-refractivity contribution in [3.63, 3.8) is 0 Å². The number of ether oxygens (including phenoxy) is 1. The summed E-state index contributed by atoms with van der Waals surface area (Å²) in [7, 11) is 1.81. The molecule has 0 spiro atoms. The largest absolute Gasteiger partial charge is 0.493 e. The van der Waals surface area contributed by atoms with E-state index >= 15 is 0 Å². The molecule has 1 atom stereocenters. The molecule has 2 N–H and O–H groups in total. The summed E-state index contributed by atoms with van der Waals surface area (Å²) in [5, 5.41) is 8.01. The predicted molar refractivity (Wildman–Crippen MR) is 104 cm³/mol. The van der Waals surface area contributed by atoms with E-state index in [2.05, 4.69) is 39.7 Å². The maximum atomic E-state index is 5.73. The summed E-state index contributed by atoms with van der Waals surface area (Å²) in [6, 6.07) is 8.31. The maximum absolute atomic E-state index is 5.73. The number of benzene rings is 1. The van der Waals surface area contributed by atoms with Crippen molar-refractivity contribution in [2.75, 3.05) is 26.7 Å². The highest BCUT2D eigenvalue weighted by Crippen LogP contribution is 2.32. The van der Waals surface area contributed by atoms with Crippen LogP contribution in [0.1, 0.15) is 34.7 Å². The molecule has 2 heterocycles. The molecule has 1 aromatic heterocycles. The molecule has 2 aromatic rings. The first-order valence-corrected chi connectivity index (χ1v) is 9.71. The zero-order valence-corrected chi connectivity index (χ0v) is 15.7. The van der Waals surface area contributed by atoms with E-state index in [0.717, 1.165) is 50.7 Å². The van der Waals surface area contributed by atoms with Crippen LogP contribution in [-0.2, 0) is 12.8 Å². The SMILES string of the molecule is CCc1cnc(CCNC(=NC)NCC2CCOc3ccccc32)s1. The zero-order chi connectivity index (χ0) is 17.5. The van der Waals surface area contributed by atoms with Gasteiger partial charge in [0.1, 0.15) is 5.75 Å². The fourth-order valence-electron chi connectivity index (χ4n) is 2.98. The molecule has 1 aliphatic rings. The van der Waals surface area contributed by atoms with E-state index in [1.807, 2.05) is 25.4 Å². The van der Waals surface area contributed by atoms with Crippen LogP contribution >= 0.6 is 11.3 Å². The smallest absolute Gasteiger partial charge is 0.191 e. The van der Waals surface area contributed by atoms with Gasteiger partial charge >= 0.3 is 0 Å². The molecule has 3 rings (SSSR count). The van der Waals surface area contributed by atoms with Gasteiger partial charge in [-0.25, -0.2) is 4.98 Å². The molecule has 0 radical (unpaired) electrons. The second kappa shape index (κ2) is 8.85. The first-order chi connectivity index (χ1) is 12.3. The van der Waals surface area contributed by atoms with Crippen LogP contribution in [0, 0.1) is 0 Å². The van der Waals surface area contributed by atoms with Crippen molar-refractivity contribution in [3.8, 4) is 5.75 Å². The van der Waals surface area contributed by atoms with Crippen molar-refractivity contribution in [2.24, 2.45) is 4.99 Å². The lowest BCUT2D eigenvalue weighted by Gasteiger charge is -2.26. The third-order valence-corrected chi connectivity index (χ3v) is 5.60. The number of aryl methyl sites for hydroxylation is 1. The second-order valence-corrected chi connectivity index (χ2v) is 7.28. The Morgan fingerprint density at radius 1 is 1.36 bits per heavy atom. The van der Waals surface area contributed by atoms with Gasteiger partial charge in [0.05, 0.1) is 11.6 Å². The van der Waals surface area contributed by atoms with E-state index < -0.39 is 0 Å². The molecule has 25 heavy (non-hydrogen) atoms. The number of hydrogen-bond acceptors (Lipinski definition) is 4. The van der Waals surface area contributed by atoms with Gasteiger partial charge < -0.3 is 15.4 Å². The zero-order valence-electron chi connectivity index (χ0n) is 14.9. The van der Waals surface area contributed by atoms with E-state index in [4.69, 9.17) is 4.74 Å². The van der Waals surface area contributed by atoms with Crippen LogP contribution in [0.5, 0.6) is 5.75 Å². The Bertz CT molecular complexity index is 713. The monoisotopic (exact) mass is 358 g/mol. The van der Waals surface area contributed by atoms with Crippen LogP contribution in [0.4, 0.5) is 0 Å². The van der Waals surface area contributed by atoms with Gasteiger partial charge in [-0.3, -0.25) is 4.99 Å². The van der Waals surface area contributed by atoms with Gasteiger partial charge in [-0.15, -0.1) is 11.3 Å². The molecule has 5 nitrogen and oxygen atoms in total. The summed E-state index contributed by atoms with van der Waals surface area (Å²) in [6.45, 7) is 4.63.